The van der Waals surface area contributed by atoms with Crippen LogP contribution in [0.1, 0.15) is 27.2 Å². The molecule has 1 aliphatic heterocycles. The van der Waals surface area contributed by atoms with Crippen molar-refractivity contribution in [2.24, 2.45) is 5.73 Å². The molecule has 1 rings (SSSR count). The number of hydrogen-bond donors (Lipinski definition) is 1. The number of hydrogen-bond acceptors (Lipinski definition) is 3. The van der Waals surface area contributed by atoms with Crippen LogP contribution in [0, 0.1) is 0 Å². The molecule has 0 bridgehead atoms. The topological polar surface area (TPSA) is 32.5 Å². The smallest absolute Gasteiger partial charge is 0.0195 e. The molecule has 0 spiro atoms. The van der Waals surface area contributed by atoms with Crippen molar-refractivity contribution in [3.63, 3.8) is 0 Å². The summed E-state index contributed by atoms with van der Waals surface area (Å²) in [6, 6.07) is 1.68. The van der Waals surface area contributed by atoms with Crippen LogP contribution in [0.5, 0.6) is 0 Å². The quantitative estimate of drug-likeness (QED) is 0.728. The Morgan fingerprint density at radius 3 is 2.21 bits per heavy atom. The molecular weight excluding hydrogens is 174 g/mol. The normalized spacial score (nSPS) is 33.2. The van der Waals surface area contributed by atoms with Crippen molar-refractivity contribution in [3.8, 4) is 0 Å². The van der Waals surface area contributed by atoms with E-state index in [1.54, 1.807) is 0 Å². The third-order valence-corrected chi connectivity index (χ3v) is 3.34. The summed E-state index contributed by atoms with van der Waals surface area (Å²) in [6.07, 6.45) is 1.11. The molecule has 14 heavy (non-hydrogen) atoms. The fraction of sp³-hybridized carbons (Fsp3) is 1.00. The molecule has 0 aromatic heterocycles. The lowest BCUT2D eigenvalue weighted by molar-refractivity contribution is 0.0587. The van der Waals surface area contributed by atoms with E-state index in [0.29, 0.717) is 18.1 Å². The lowest BCUT2D eigenvalue weighted by atomic mass is 10.1. The van der Waals surface area contributed by atoms with Crippen molar-refractivity contribution in [1.29, 1.82) is 0 Å². The highest BCUT2D eigenvalue weighted by atomic mass is 15.3. The molecule has 1 heterocycles. The third-order valence-electron chi connectivity index (χ3n) is 3.34. The second-order valence-corrected chi connectivity index (χ2v) is 4.89. The van der Waals surface area contributed by atoms with E-state index in [1.807, 2.05) is 0 Å². The van der Waals surface area contributed by atoms with Crippen LogP contribution in [0.4, 0.5) is 0 Å². The number of nitrogens with zero attached hydrogens (tertiary/aromatic N) is 2. The molecule has 0 aliphatic carbocycles. The van der Waals surface area contributed by atoms with E-state index in [1.165, 1.54) is 13.1 Å². The molecule has 3 nitrogen and oxygen atoms in total. The summed E-state index contributed by atoms with van der Waals surface area (Å²) in [5.74, 6) is 0. The van der Waals surface area contributed by atoms with Crippen LogP contribution >= 0.6 is 0 Å². The molecule has 1 saturated heterocycles. The van der Waals surface area contributed by atoms with Crippen molar-refractivity contribution >= 4 is 0 Å². The minimum atomic E-state index is 0.334. The van der Waals surface area contributed by atoms with Gasteiger partial charge in [-0.05, 0) is 40.8 Å². The lowest BCUT2D eigenvalue weighted by Gasteiger charge is -2.42. The van der Waals surface area contributed by atoms with Crippen LogP contribution in [0.15, 0.2) is 0 Å². The van der Waals surface area contributed by atoms with E-state index >= 15 is 0 Å². The zero-order chi connectivity index (χ0) is 10.7. The van der Waals surface area contributed by atoms with E-state index in [2.05, 4.69) is 37.6 Å². The Bertz CT molecular complexity index is 158. The molecule has 3 atom stereocenters. The van der Waals surface area contributed by atoms with Crippen molar-refractivity contribution in [2.45, 2.75) is 45.3 Å². The summed E-state index contributed by atoms with van der Waals surface area (Å²) >= 11 is 0. The predicted octanol–water partition coefficient (Wildman–Crippen LogP) is 0.748. The van der Waals surface area contributed by atoms with Crippen LogP contribution in [0.2, 0.25) is 0 Å². The fourth-order valence-electron chi connectivity index (χ4n) is 2.08. The Morgan fingerprint density at radius 2 is 1.79 bits per heavy atom. The number of rotatable bonds is 3. The molecule has 3 unspecified atom stereocenters. The first-order valence-electron chi connectivity index (χ1n) is 5.70. The maximum Gasteiger partial charge on any atom is 0.0195 e. The predicted molar refractivity (Wildman–Crippen MR) is 61.4 cm³/mol. The minimum absolute atomic E-state index is 0.334. The SMILES string of the molecule is CC(N)CCN1CC(C)N(C)C(C)C1. The number of nitrogens with two attached hydrogens (primary N) is 1. The maximum atomic E-state index is 5.77. The third kappa shape index (κ3) is 3.23. The highest BCUT2D eigenvalue weighted by Gasteiger charge is 2.25. The zero-order valence-electron chi connectivity index (χ0n) is 10.0. The maximum absolute atomic E-state index is 5.77. The van der Waals surface area contributed by atoms with Gasteiger partial charge in [-0.25, -0.2) is 0 Å². The average molecular weight is 199 g/mol. The van der Waals surface area contributed by atoms with Crippen molar-refractivity contribution in [1.82, 2.24) is 9.80 Å². The molecule has 0 aromatic carbocycles. The van der Waals surface area contributed by atoms with Gasteiger partial charge in [-0.2, -0.15) is 0 Å². The van der Waals surface area contributed by atoms with Crippen LogP contribution in [0.25, 0.3) is 0 Å². The monoisotopic (exact) mass is 199 g/mol. The van der Waals surface area contributed by atoms with Gasteiger partial charge in [0, 0.05) is 31.2 Å². The molecule has 0 radical (unpaired) electrons. The minimum Gasteiger partial charge on any atom is -0.328 e. The van der Waals surface area contributed by atoms with Gasteiger partial charge < -0.3 is 10.6 Å². The van der Waals surface area contributed by atoms with Gasteiger partial charge in [0.15, 0.2) is 0 Å². The molecule has 1 aliphatic rings. The Kier molecular flexibility index (Phi) is 4.35. The Labute approximate surface area is 88.2 Å². The molecule has 84 valence electrons. The van der Waals surface area contributed by atoms with E-state index in [4.69, 9.17) is 5.73 Å². The molecular formula is C11H25N3. The first-order valence-corrected chi connectivity index (χ1v) is 5.70. The summed E-state index contributed by atoms with van der Waals surface area (Å²) in [5, 5.41) is 0. The molecule has 0 aromatic rings. The second-order valence-electron chi connectivity index (χ2n) is 4.89. The summed E-state index contributed by atoms with van der Waals surface area (Å²) < 4.78 is 0. The van der Waals surface area contributed by atoms with Gasteiger partial charge >= 0.3 is 0 Å². The van der Waals surface area contributed by atoms with Crippen LogP contribution < -0.4 is 5.73 Å². The summed E-state index contributed by atoms with van der Waals surface area (Å²) in [6.45, 7) is 10.2. The zero-order valence-corrected chi connectivity index (χ0v) is 10.0. The van der Waals surface area contributed by atoms with E-state index in [9.17, 15) is 0 Å². The lowest BCUT2D eigenvalue weighted by Crippen LogP contribution is -2.55. The number of likely N-dealkylation sites (N-methyl/N-ethyl adjacent to an activating group) is 1. The fourth-order valence-corrected chi connectivity index (χ4v) is 2.08. The Morgan fingerprint density at radius 1 is 1.29 bits per heavy atom. The summed E-state index contributed by atoms with van der Waals surface area (Å²) in [5.41, 5.74) is 5.77. The first kappa shape index (κ1) is 12.0. The molecule has 2 N–H and O–H groups in total. The Hall–Kier alpha value is -0.120. The van der Waals surface area contributed by atoms with Gasteiger partial charge in [0.2, 0.25) is 0 Å². The van der Waals surface area contributed by atoms with E-state index in [-0.39, 0.29) is 0 Å². The van der Waals surface area contributed by atoms with E-state index in [0.717, 1.165) is 13.0 Å². The first-order chi connectivity index (χ1) is 6.50. The van der Waals surface area contributed by atoms with Crippen molar-refractivity contribution < 1.29 is 0 Å². The van der Waals surface area contributed by atoms with Crippen molar-refractivity contribution in [2.75, 3.05) is 26.7 Å². The second kappa shape index (κ2) is 5.10. The molecule has 3 heteroatoms. The Balaban J connectivity index is 2.34. The number of piperazine rings is 1. The van der Waals surface area contributed by atoms with Crippen LogP contribution in [-0.2, 0) is 0 Å². The average Bonchev–Trinajstić information content (AvgIpc) is 2.10. The van der Waals surface area contributed by atoms with Gasteiger partial charge in [-0.15, -0.1) is 0 Å². The van der Waals surface area contributed by atoms with E-state index < -0.39 is 0 Å². The van der Waals surface area contributed by atoms with Gasteiger partial charge in [0.05, 0.1) is 0 Å². The van der Waals surface area contributed by atoms with Crippen LogP contribution in [-0.4, -0.2) is 54.6 Å². The van der Waals surface area contributed by atoms with Crippen molar-refractivity contribution in [3.05, 3.63) is 0 Å². The summed E-state index contributed by atoms with van der Waals surface area (Å²) in [7, 11) is 2.22. The highest BCUT2D eigenvalue weighted by molar-refractivity contribution is 4.82. The molecule has 0 saturated carbocycles. The standard InChI is InChI=1S/C11H25N3/c1-9(12)5-6-14-7-10(2)13(4)11(3)8-14/h9-11H,5-8,12H2,1-4H3. The van der Waals surface area contributed by atoms with Crippen LogP contribution in [0.3, 0.4) is 0 Å². The highest BCUT2D eigenvalue weighted by Crippen LogP contribution is 2.13. The van der Waals surface area contributed by atoms with Gasteiger partial charge in [-0.1, -0.05) is 0 Å². The molecule has 0 amide bonds. The summed E-state index contributed by atoms with van der Waals surface area (Å²) in [4.78, 5) is 5.00. The largest absolute Gasteiger partial charge is 0.328 e. The van der Waals surface area contributed by atoms with Gasteiger partial charge in [0.1, 0.15) is 0 Å². The van der Waals surface area contributed by atoms with Gasteiger partial charge in [0.25, 0.3) is 0 Å². The molecule has 1 fully saturated rings. The van der Waals surface area contributed by atoms with Gasteiger partial charge in [-0.3, -0.25) is 4.90 Å².